The molecule has 0 spiro atoms. The minimum Gasteiger partial charge on any atom is -0.456 e. The average Bonchev–Trinajstić information content (AvgIpc) is 3.98. The zero-order valence-electron chi connectivity index (χ0n) is 34.1. The number of aromatic nitrogens is 1. The lowest BCUT2D eigenvalue weighted by Gasteiger charge is -2.42. The topological polar surface area (TPSA) is 21.3 Å². The minimum atomic E-state index is -0.124. The second-order valence-corrected chi connectivity index (χ2v) is 19.9. The van der Waals surface area contributed by atoms with Crippen molar-refractivity contribution >= 4 is 104 Å². The number of fused-ring (bicyclic) bond motifs is 18. The smallest absolute Gasteiger partial charge is 0.333 e. The Bertz CT molecular complexity index is 3740. The van der Waals surface area contributed by atoms with E-state index in [0.717, 1.165) is 16.6 Å². The lowest BCUT2D eigenvalue weighted by molar-refractivity contribution is 0.590. The average molecular weight is 787 g/mol. The number of nitrogens with zero attached hydrogens (tertiary/aromatic N) is 2. The Morgan fingerprint density at radius 1 is 0.567 bits per heavy atom. The van der Waals surface area contributed by atoms with Gasteiger partial charge < -0.3 is 13.8 Å². The van der Waals surface area contributed by atoms with E-state index in [9.17, 15) is 0 Å². The Balaban J connectivity index is 1.18. The van der Waals surface area contributed by atoms with Crippen molar-refractivity contribution in [2.75, 3.05) is 4.81 Å². The Hall–Kier alpha value is -6.56. The van der Waals surface area contributed by atoms with Crippen molar-refractivity contribution in [2.24, 2.45) is 0 Å². The molecule has 3 aromatic heterocycles. The normalized spacial score (nSPS) is 14.8. The van der Waals surface area contributed by atoms with Crippen LogP contribution in [0.2, 0.25) is 0 Å². The molecule has 0 amide bonds. The fourth-order valence-corrected chi connectivity index (χ4v) is 12.6. The molecule has 1 aliphatic carbocycles. The first-order chi connectivity index (χ1) is 29.1. The van der Waals surface area contributed by atoms with Crippen LogP contribution in [0.3, 0.4) is 0 Å². The number of para-hydroxylation sites is 1. The Morgan fingerprint density at radius 3 is 2.20 bits per heavy atom. The number of furan rings is 1. The zero-order chi connectivity index (χ0) is 40.0. The van der Waals surface area contributed by atoms with Crippen LogP contribution in [0.5, 0.6) is 0 Å². The molecule has 0 N–H and O–H groups in total. The second-order valence-electron chi connectivity index (χ2n) is 18.8. The fraction of sp³-hybridized carbons (Fsp3) is 0.127. The molecule has 3 aliphatic rings. The summed E-state index contributed by atoms with van der Waals surface area (Å²) >= 11 is 1.91. The summed E-state index contributed by atoms with van der Waals surface area (Å²) < 4.78 is 11.8. The maximum Gasteiger partial charge on any atom is 0.333 e. The van der Waals surface area contributed by atoms with E-state index in [-0.39, 0.29) is 17.7 Å². The molecular formula is C55H39BN2OS. The number of hydrogen-bond donors (Lipinski definition) is 0. The van der Waals surface area contributed by atoms with Gasteiger partial charge in [0.2, 0.25) is 0 Å². The van der Waals surface area contributed by atoms with E-state index in [1.807, 2.05) is 11.3 Å². The summed E-state index contributed by atoms with van der Waals surface area (Å²) in [4.78, 5) is 2.69. The van der Waals surface area contributed by atoms with Gasteiger partial charge in [-0.05, 0) is 110 Å². The molecule has 0 atom stereocenters. The van der Waals surface area contributed by atoms with Gasteiger partial charge in [-0.25, -0.2) is 0 Å². The van der Waals surface area contributed by atoms with Gasteiger partial charge in [0, 0.05) is 69.8 Å². The number of benzene rings is 8. The number of thiophene rings is 1. The van der Waals surface area contributed by atoms with Gasteiger partial charge >= 0.3 is 6.85 Å². The van der Waals surface area contributed by atoms with Crippen LogP contribution in [0.15, 0.2) is 150 Å². The lowest BCUT2D eigenvalue weighted by atomic mass is 9.44. The van der Waals surface area contributed by atoms with Gasteiger partial charge in [-0.1, -0.05) is 120 Å². The van der Waals surface area contributed by atoms with Crippen LogP contribution < -0.4 is 15.7 Å². The first kappa shape index (κ1) is 33.3. The van der Waals surface area contributed by atoms with Gasteiger partial charge in [0.1, 0.15) is 11.2 Å². The molecule has 0 radical (unpaired) electrons. The van der Waals surface area contributed by atoms with Crippen molar-refractivity contribution in [3.8, 4) is 27.9 Å². The summed E-state index contributed by atoms with van der Waals surface area (Å²) in [6, 6.07) is 55.4. The summed E-state index contributed by atoms with van der Waals surface area (Å²) in [6.07, 6.45) is 0. The van der Waals surface area contributed by atoms with Gasteiger partial charge in [0.15, 0.2) is 0 Å². The van der Waals surface area contributed by atoms with Crippen molar-refractivity contribution in [3.05, 3.63) is 162 Å². The molecule has 0 fully saturated rings. The molecule has 11 aromatic rings. The number of rotatable bonds is 1. The Kier molecular flexibility index (Phi) is 6.09. The third-order valence-electron chi connectivity index (χ3n) is 14.3. The van der Waals surface area contributed by atoms with Crippen molar-refractivity contribution < 1.29 is 4.42 Å². The first-order valence-electron chi connectivity index (χ1n) is 21.2. The van der Waals surface area contributed by atoms with E-state index >= 15 is 0 Å². The van der Waals surface area contributed by atoms with E-state index in [0.29, 0.717) is 0 Å². The maximum absolute atomic E-state index is 6.57. The van der Waals surface area contributed by atoms with Crippen molar-refractivity contribution in [1.29, 1.82) is 0 Å². The predicted octanol–water partition coefficient (Wildman–Crippen LogP) is 13.9. The van der Waals surface area contributed by atoms with Crippen LogP contribution in [0, 0.1) is 0 Å². The molecule has 5 heteroatoms. The van der Waals surface area contributed by atoms with Crippen LogP contribution in [0.1, 0.15) is 51.3 Å². The van der Waals surface area contributed by atoms with E-state index in [1.165, 1.54) is 114 Å². The minimum absolute atomic E-state index is 0.0426. The predicted molar refractivity (Wildman–Crippen MR) is 256 cm³/mol. The largest absolute Gasteiger partial charge is 0.456 e. The zero-order valence-corrected chi connectivity index (χ0v) is 35.0. The summed E-state index contributed by atoms with van der Waals surface area (Å²) in [6.45, 7) is 11.6. The highest BCUT2D eigenvalue weighted by Gasteiger charge is 2.46. The highest BCUT2D eigenvalue weighted by Crippen LogP contribution is 2.55. The van der Waals surface area contributed by atoms with Gasteiger partial charge in [-0.3, -0.25) is 0 Å². The molecular weight excluding hydrogens is 747 g/mol. The molecule has 0 saturated heterocycles. The molecule has 2 aliphatic heterocycles. The molecule has 3 nitrogen and oxygen atoms in total. The molecule has 60 heavy (non-hydrogen) atoms. The van der Waals surface area contributed by atoms with Gasteiger partial charge in [-0.2, -0.15) is 0 Å². The highest BCUT2D eigenvalue weighted by molar-refractivity contribution is 7.26. The van der Waals surface area contributed by atoms with Crippen LogP contribution in [-0.4, -0.2) is 11.4 Å². The lowest BCUT2D eigenvalue weighted by Crippen LogP contribution is -2.60. The van der Waals surface area contributed by atoms with Gasteiger partial charge in [-0.15, -0.1) is 11.3 Å². The van der Waals surface area contributed by atoms with Crippen molar-refractivity contribution in [3.63, 3.8) is 0 Å². The standard InChI is InChI=1S/C55H39BN2OS/c1-54(2,3)30-18-20-31(21-19-30)58-44-27-37-32-12-6-9-15-40(32)55(4,5)41(37)26-38(44)34-22-23-36-50-43(24-25-47-51(50)35-14-7-10-16-46(35)59-47)57-45-28-39-33-13-8-11-17-48(33)60-49(39)29-42(45)56(58)52(34)53(36)57/h6-29H,1-5H3. The van der Waals surface area contributed by atoms with E-state index in [1.54, 1.807) is 0 Å². The summed E-state index contributed by atoms with van der Waals surface area (Å²) in [5.74, 6) is 0. The Morgan fingerprint density at radius 2 is 1.35 bits per heavy atom. The summed E-state index contributed by atoms with van der Waals surface area (Å²) in [5.41, 5.74) is 20.1. The SMILES string of the molecule is CC(C)(C)c1ccc(N2B3c4cc5sc6ccccc6c5cc4-n4c5ccc6oc7ccccc7c6c5c5ccc(c3c54)-c3cc4c(cc32)-c2ccccc2C4(C)C)cc1. The van der Waals surface area contributed by atoms with E-state index in [2.05, 4.69) is 190 Å². The summed E-state index contributed by atoms with van der Waals surface area (Å²) in [5, 5.41) is 7.51. The molecule has 8 aromatic carbocycles. The molecule has 0 bridgehead atoms. The van der Waals surface area contributed by atoms with Crippen LogP contribution in [-0.2, 0) is 10.8 Å². The van der Waals surface area contributed by atoms with Crippen LogP contribution in [0.4, 0.5) is 11.4 Å². The number of anilines is 2. The maximum atomic E-state index is 6.57. The molecule has 14 rings (SSSR count). The van der Waals surface area contributed by atoms with Crippen LogP contribution >= 0.6 is 11.3 Å². The molecule has 0 saturated carbocycles. The fourth-order valence-electron chi connectivity index (χ4n) is 11.5. The summed E-state index contributed by atoms with van der Waals surface area (Å²) in [7, 11) is 0. The van der Waals surface area contributed by atoms with Crippen molar-refractivity contribution in [2.45, 2.75) is 45.4 Å². The monoisotopic (exact) mass is 786 g/mol. The van der Waals surface area contributed by atoms with Gasteiger partial charge in [0.25, 0.3) is 0 Å². The van der Waals surface area contributed by atoms with E-state index in [4.69, 9.17) is 4.42 Å². The number of hydrogen-bond acceptors (Lipinski definition) is 3. The van der Waals surface area contributed by atoms with Gasteiger partial charge in [0.05, 0.1) is 11.0 Å². The third-order valence-corrected chi connectivity index (χ3v) is 15.5. The molecule has 5 heterocycles. The first-order valence-corrected chi connectivity index (χ1v) is 22.0. The Labute approximate surface area is 352 Å². The quantitative estimate of drug-likeness (QED) is 0.155. The van der Waals surface area contributed by atoms with Crippen molar-refractivity contribution in [1.82, 2.24) is 4.57 Å². The molecule has 0 unspecified atom stereocenters. The van der Waals surface area contributed by atoms with Crippen LogP contribution in [0.25, 0.3) is 91.9 Å². The second kappa shape index (κ2) is 11.0. The van der Waals surface area contributed by atoms with E-state index < -0.39 is 0 Å². The highest BCUT2D eigenvalue weighted by atomic mass is 32.1. The third kappa shape index (κ3) is 4.02. The molecule has 284 valence electrons.